The minimum absolute atomic E-state index is 0.0432. The van der Waals surface area contributed by atoms with E-state index in [1.165, 1.54) is 0 Å². The van der Waals surface area contributed by atoms with Crippen molar-refractivity contribution >= 4 is 23.8 Å². The molecule has 218 valence electrons. The highest BCUT2D eigenvalue weighted by atomic mass is 16.5. The van der Waals surface area contributed by atoms with Gasteiger partial charge in [-0.15, -0.1) is 0 Å². The lowest BCUT2D eigenvalue weighted by atomic mass is 10.0. The average Bonchev–Trinajstić information content (AvgIpc) is 2.95. The van der Waals surface area contributed by atoms with Gasteiger partial charge in [0.2, 0.25) is 17.7 Å². The number of hydrogen-bond donors (Lipinski definition) is 6. The number of benzene rings is 2. The van der Waals surface area contributed by atoms with E-state index in [0.717, 1.165) is 11.1 Å². The number of primary amides is 1. The summed E-state index contributed by atoms with van der Waals surface area (Å²) in [5, 5.41) is 8.05. The zero-order chi connectivity index (χ0) is 29.2. The second kappa shape index (κ2) is 18.3. The Morgan fingerprint density at radius 1 is 0.650 bits per heavy atom. The van der Waals surface area contributed by atoms with Gasteiger partial charge < -0.3 is 37.9 Å². The highest BCUT2D eigenvalue weighted by molar-refractivity contribution is 5.93. The molecule has 0 spiro atoms. The molecule has 0 saturated carbocycles. The molecule has 0 bridgehead atoms. The van der Waals surface area contributed by atoms with Gasteiger partial charge in [0.05, 0.1) is 0 Å². The molecule has 4 amide bonds. The fourth-order valence-corrected chi connectivity index (χ4v) is 4.05. The van der Waals surface area contributed by atoms with Crippen LogP contribution in [-0.2, 0) is 32.1 Å². The molecule has 0 radical (unpaired) electrons. The van der Waals surface area contributed by atoms with Crippen LogP contribution in [0.1, 0.15) is 49.7 Å². The lowest BCUT2D eigenvalue weighted by Crippen LogP contribution is -2.57. The van der Waals surface area contributed by atoms with Crippen LogP contribution < -0.4 is 33.2 Å². The average molecular weight is 555 g/mol. The minimum atomic E-state index is -1.02. The summed E-state index contributed by atoms with van der Waals surface area (Å²) in [4.78, 5) is 51.2. The Morgan fingerprint density at radius 2 is 1.15 bits per heavy atom. The molecule has 0 unspecified atom stereocenters. The van der Waals surface area contributed by atoms with E-state index in [0.29, 0.717) is 51.6 Å². The molecule has 3 atom stereocenters. The van der Waals surface area contributed by atoms with Gasteiger partial charge in [-0.25, -0.2) is 4.79 Å². The summed E-state index contributed by atoms with van der Waals surface area (Å²) in [5.74, 6) is -1.78. The summed E-state index contributed by atoms with van der Waals surface area (Å²) >= 11 is 0. The molecular formula is C29H42N6O5. The Balaban J connectivity index is 2.14. The fraction of sp³-hybridized carbons (Fsp3) is 0.448. The standard InChI is InChI=1S/C29H42N6O5/c30-17-9-7-15-23(26(32)36)33-28(38)25(19-21-11-3-1-4-12-21)34-27(37)24(16-8-10-18-31)35-29(39)40-20-22-13-5-2-6-14-22/h1-6,11-14,23-25H,7-10,15-20,30-31H2,(H2,32,36)(H,33,38)(H,34,37)(H,35,39)/t23-,24-,25-/m0/s1. The number of carbonyl (C=O) groups is 4. The Hall–Kier alpha value is -3.96. The molecule has 0 saturated heterocycles. The molecule has 0 aliphatic rings. The van der Waals surface area contributed by atoms with E-state index in [1.807, 2.05) is 60.7 Å². The molecule has 2 aromatic carbocycles. The number of amides is 4. The van der Waals surface area contributed by atoms with Gasteiger partial charge in [-0.2, -0.15) is 0 Å². The number of nitrogens with one attached hydrogen (secondary N) is 3. The Morgan fingerprint density at radius 3 is 1.70 bits per heavy atom. The largest absolute Gasteiger partial charge is 0.445 e. The van der Waals surface area contributed by atoms with Crippen LogP contribution in [0.2, 0.25) is 0 Å². The minimum Gasteiger partial charge on any atom is -0.445 e. The third-order valence-electron chi connectivity index (χ3n) is 6.29. The van der Waals surface area contributed by atoms with Crippen LogP contribution in [0, 0.1) is 0 Å². The number of alkyl carbamates (subject to hydrolysis) is 1. The molecular weight excluding hydrogens is 512 g/mol. The number of hydrogen-bond acceptors (Lipinski definition) is 7. The number of rotatable bonds is 18. The maximum Gasteiger partial charge on any atom is 0.408 e. The first kappa shape index (κ1) is 32.3. The monoisotopic (exact) mass is 554 g/mol. The van der Waals surface area contributed by atoms with E-state index >= 15 is 0 Å². The predicted molar refractivity (Wildman–Crippen MR) is 153 cm³/mol. The van der Waals surface area contributed by atoms with E-state index in [9.17, 15) is 19.2 Å². The van der Waals surface area contributed by atoms with Crippen LogP contribution in [-0.4, -0.2) is 55.0 Å². The van der Waals surface area contributed by atoms with Crippen molar-refractivity contribution in [2.45, 2.75) is 69.7 Å². The van der Waals surface area contributed by atoms with Gasteiger partial charge >= 0.3 is 6.09 Å². The summed E-state index contributed by atoms with van der Waals surface area (Å²) < 4.78 is 5.29. The quantitative estimate of drug-likeness (QED) is 0.149. The highest BCUT2D eigenvalue weighted by Gasteiger charge is 2.29. The number of ether oxygens (including phenoxy) is 1. The molecule has 0 heterocycles. The molecule has 2 rings (SSSR count). The second-order valence-corrected chi connectivity index (χ2v) is 9.54. The summed E-state index contributed by atoms with van der Waals surface area (Å²) in [6.45, 7) is 0.935. The maximum atomic E-state index is 13.4. The van der Waals surface area contributed by atoms with Crippen LogP contribution in [0.15, 0.2) is 60.7 Å². The molecule has 0 aliphatic carbocycles. The van der Waals surface area contributed by atoms with Crippen molar-refractivity contribution in [3.05, 3.63) is 71.8 Å². The predicted octanol–water partition coefficient (Wildman–Crippen LogP) is 1.24. The highest BCUT2D eigenvalue weighted by Crippen LogP contribution is 2.09. The van der Waals surface area contributed by atoms with Crippen molar-refractivity contribution < 1.29 is 23.9 Å². The van der Waals surface area contributed by atoms with E-state index in [2.05, 4.69) is 16.0 Å². The maximum absolute atomic E-state index is 13.4. The zero-order valence-corrected chi connectivity index (χ0v) is 22.8. The fourth-order valence-electron chi connectivity index (χ4n) is 4.05. The second-order valence-electron chi connectivity index (χ2n) is 9.54. The van der Waals surface area contributed by atoms with Crippen molar-refractivity contribution in [3.8, 4) is 0 Å². The van der Waals surface area contributed by atoms with Crippen LogP contribution in [0.25, 0.3) is 0 Å². The lowest BCUT2D eigenvalue weighted by Gasteiger charge is -2.25. The van der Waals surface area contributed by atoms with Gasteiger partial charge in [0.15, 0.2) is 0 Å². The van der Waals surface area contributed by atoms with Crippen molar-refractivity contribution in [2.75, 3.05) is 13.1 Å². The topological polar surface area (TPSA) is 192 Å². The van der Waals surface area contributed by atoms with Crippen molar-refractivity contribution in [1.82, 2.24) is 16.0 Å². The van der Waals surface area contributed by atoms with Gasteiger partial charge in [0.25, 0.3) is 0 Å². The molecule has 9 N–H and O–H groups in total. The van der Waals surface area contributed by atoms with Gasteiger partial charge in [-0.3, -0.25) is 14.4 Å². The van der Waals surface area contributed by atoms with Gasteiger partial charge in [-0.05, 0) is 62.7 Å². The normalized spacial score (nSPS) is 12.9. The van der Waals surface area contributed by atoms with Gasteiger partial charge in [-0.1, -0.05) is 60.7 Å². The third kappa shape index (κ3) is 12.3. The first-order chi connectivity index (χ1) is 19.3. The van der Waals surface area contributed by atoms with E-state index in [1.54, 1.807) is 0 Å². The summed E-state index contributed by atoms with van der Waals surface area (Å²) in [6.07, 6.45) is 2.57. The van der Waals surface area contributed by atoms with Crippen LogP contribution >= 0.6 is 0 Å². The molecule has 11 nitrogen and oxygen atoms in total. The van der Waals surface area contributed by atoms with E-state index in [4.69, 9.17) is 21.9 Å². The summed E-state index contributed by atoms with van der Waals surface area (Å²) in [5.41, 5.74) is 18.3. The van der Waals surface area contributed by atoms with E-state index in [-0.39, 0.29) is 13.0 Å². The molecule has 0 fully saturated rings. The third-order valence-corrected chi connectivity index (χ3v) is 6.29. The number of carbonyl (C=O) groups excluding carboxylic acids is 4. The van der Waals surface area contributed by atoms with Crippen LogP contribution in [0.4, 0.5) is 4.79 Å². The number of unbranched alkanes of at least 4 members (excludes halogenated alkanes) is 2. The first-order valence-corrected chi connectivity index (χ1v) is 13.6. The zero-order valence-electron chi connectivity index (χ0n) is 22.8. The molecule has 0 aliphatic heterocycles. The Kier molecular flexibility index (Phi) is 14.8. The SMILES string of the molecule is NCCCC[C@H](NC(=O)[C@H](Cc1ccccc1)NC(=O)[C@H](CCCCN)NC(=O)OCc1ccccc1)C(N)=O. The smallest absolute Gasteiger partial charge is 0.408 e. The van der Waals surface area contributed by atoms with Crippen molar-refractivity contribution in [3.63, 3.8) is 0 Å². The molecule has 2 aromatic rings. The van der Waals surface area contributed by atoms with E-state index < -0.39 is 41.9 Å². The summed E-state index contributed by atoms with van der Waals surface area (Å²) in [7, 11) is 0. The van der Waals surface area contributed by atoms with Gasteiger partial charge in [0, 0.05) is 6.42 Å². The summed E-state index contributed by atoms with van der Waals surface area (Å²) in [6, 6.07) is 15.4. The Labute approximate surface area is 235 Å². The van der Waals surface area contributed by atoms with Crippen LogP contribution in [0.5, 0.6) is 0 Å². The molecule has 11 heteroatoms. The van der Waals surface area contributed by atoms with Crippen molar-refractivity contribution in [2.24, 2.45) is 17.2 Å². The Bertz CT molecular complexity index is 1050. The van der Waals surface area contributed by atoms with Crippen molar-refractivity contribution in [1.29, 1.82) is 0 Å². The van der Waals surface area contributed by atoms with Crippen LogP contribution in [0.3, 0.4) is 0 Å². The lowest BCUT2D eigenvalue weighted by molar-refractivity contribution is -0.132. The first-order valence-electron chi connectivity index (χ1n) is 13.6. The van der Waals surface area contributed by atoms with Gasteiger partial charge in [0.1, 0.15) is 24.7 Å². The molecule has 40 heavy (non-hydrogen) atoms. The molecule has 0 aromatic heterocycles. The number of nitrogens with two attached hydrogens (primary N) is 3.